The van der Waals surface area contributed by atoms with Gasteiger partial charge in [-0.05, 0) is 22.6 Å². The van der Waals surface area contributed by atoms with Crippen LogP contribution in [0.5, 0.6) is 0 Å². The molecule has 1 aromatic heterocycles. The van der Waals surface area contributed by atoms with Crippen LogP contribution in [0.15, 0.2) is 30.5 Å². The Balaban J connectivity index is 2.19. The fourth-order valence-electron chi connectivity index (χ4n) is 1.36. The normalized spacial score (nSPS) is 10.5. The smallest absolute Gasteiger partial charge is 0.358 e. The summed E-state index contributed by atoms with van der Waals surface area (Å²) in [5.41, 5.74) is 0.630. The summed E-state index contributed by atoms with van der Waals surface area (Å²) in [5.74, 6) is -0.759. The van der Waals surface area contributed by atoms with Crippen LogP contribution in [0, 0.1) is 15.9 Å². The molecule has 2 rings (SSSR count). The standard InChI is InChI=1S/C10H7ClFN3O2/c11-8-2-1-7(5-9(8)12)6-14-4-3-10(13-14)15(16)17/h1-5H,6H2. The van der Waals surface area contributed by atoms with Gasteiger partial charge in [0.15, 0.2) is 0 Å². The Morgan fingerprint density at radius 1 is 1.47 bits per heavy atom. The van der Waals surface area contributed by atoms with Crippen molar-refractivity contribution in [3.05, 3.63) is 57.0 Å². The highest BCUT2D eigenvalue weighted by Gasteiger charge is 2.11. The van der Waals surface area contributed by atoms with Gasteiger partial charge in [0, 0.05) is 0 Å². The van der Waals surface area contributed by atoms with Crippen LogP contribution in [0.25, 0.3) is 0 Å². The lowest BCUT2D eigenvalue weighted by atomic mass is 10.2. The van der Waals surface area contributed by atoms with Crippen LogP contribution >= 0.6 is 11.6 Å². The second kappa shape index (κ2) is 4.50. The van der Waals surface area contributed by atoms with E-state index in [1.165, 1.54) is 29.1 Å². The molecule has 0 spiro atoms. The molecular weight excluding hydrogens is 249 g/mol. The van der Waals surface area contributed by atoms with Crippen LogP contribution in [0.2, 0.25) is 5.02 Å². The van der Waals surface area contributed by atoms with Gasteiger partial charge >= 0.3 is 5.82 Å². The van der Waals surface area contributed by atoms with Crippen molar-refractivity contribution in [2.75, 3.05) is 0 Å². The molecular formula is C10H7ClFN3O2. The molecule has 1 aromatic carbocycles. The molecule has 0 unspecified atom stereocenters. The molecule has 17 heavy (non-hydrogen) atoms. The first-order chi connectivity index (χ1) is 8.06. The summed E-state index contributed by atoms with van der Waals surface area (Å²) in [6.45, 7) is 0.252. The highest BCUT2D eigenvalue weighted by molar-refractivity contribution is 6.30. The SMILES string of the molecule is O=[N+]([O-])c1ccn(Cc2ccc(Cl)c(F)c2)n1. The number of hydrogen-bond acceptors (Lipinski definition) is 3. The molecule has 0 aliphatic rings. The number of nitro groups is 1. The van der Waals surface area contributed by atoms with Gasteiger partial charge in [-0.1, -0.05) is 17.7 Å². The molecule has 2 aromatic rings. The molecule has 0 fully saturated rings. The summed E-state index contributed by atoms with van der Waals surface area (Å²) in [6, 6.07) is 5.63. The molecule has 0 aliphatic carbocycles. The maximum Gasteiger partial charge on any atom is 0.389 e. The molecule has 7 heteroatoms. The number of hydrogen-bond donors (Lipinski definition) is 0. The van der Waals surface area contributed by atoms with Crippen molar-refractivity contribution in [3.63, 3.8) is 0 Å². The summed E-state index contributed by atoms with van der Waals surface area (Å²) >= 11 is 5.54. The lowest BCUT2D eigenvalue weighted by Crippen LogP contribution is -2.01. The van der Waals surface area contributed by atoms with Crippen LogP contribution in [0.1, 0.15) is 5.56 Å². The number of benzene rings is 1. The van der Waals surface area contributed by atoms with Crippen LogP contribution in [0.4, 0.5) is 10.2 Å². The predicted octanol–water partition coefficient (Wildman–Crippen LogP) is 2.63. The Bertz CT molecular complexity index is 570. The van der Waals surface area contributed by atoms with Gasteiger partial charge in [-0.2, -0.15) is 4.68 Å². The van der Waals surface area contributed by atoms with E-state index in [1.807, 2.05) is 0 Å². The summed E-state index contributed by atoms with van der Waals surface area (Å²) in [7, 11) is 0. The predicted molar refractivity (Wildman–Crippen MR) is 59.4 cm³/mol. The van der Waals surface area contributed by atoms with E-state index in [-0.39, 0.29) is 17.4 Å². The molecule has 0 atom stereocenters. The molecule has 0 saturated carbocycles. The highest BCUT2D eigenvalue weighted by Crippen LogP contribution is 2.16. The lowest BCUT2D eigenvalue weighted by Gasteiger charge is -2.00. The van der Waals surface area contributed by atoms with E-state index in [0.29, 0.717) is 5.56 Å². The first kappa shape index (κ1) is 11.5. The van der Waals surface area contributed by atoms with Crippen LogP contribution in [0.3, 0.4) is 0 Å². The Kier molecular flexibility index (Phi) is 3.06. The monoisotopic (exact) mass is 255 g/mol. The van der Waals surface area contributed by atoms with Crippen molar-refractivity contribution in [2.24, 2.45) is 0 Å². The zero-order valence-electron chi connectivity index (χ0n) is 8.51. The van der Waals surface area contributed by atoms with E-state index in [9.17, 15) is 14.5 Å². The Morgan fingerprint density at radius 2 is 2.24 bits per heavy atom. The minimum atomic E-state index is -0.584. The molecule has 0 amide bonds. The summed E-state index contributed by atoms with van der Waals surface area (Å²) < 4.78 is 14.5. The topological polar surface area (TPSA) is 61.0 Å². The Hall–Kier alpha value is -1.95. The largest absolute Gasteiger partial charge is 0.389 e. The van der Waals surface area contributed by atoms with Crippen molar-refractivity contribution in [2.45, 2.75) is 6.54 Å². The van der Waals surface area contributed by atoms with Gasteiger partial charge in [-0.3, -0.25) is 0 Å². The molecule has 0 aliphatic heterocycles. The second-order valence-corrected chi connectivity index (χ2v) is 3.78. The molecule has 0 N–H and O–H groups in total. The minimum absolute atomic E-state index is 0.0418. The van der Waals surface area contributed by atoms with Crippen molar-refractivity contribution < 1.29 is 9.31 Å². The number of rotatable bonds is 3. The first-order valence-electron chi connectivity index (χ1n) is 4.68. The highest BCUT2D eigenvalue weighted by atomic mass is 35.5. The summed E-state index contributed by atoms with van der Waals surface area (Å²) in [5, 5.41) is 14.2. The van der Waals surface area contributed by atoms with E-state index in [2.05, 4.69) is 5.10 Å². The van der Waals surface area contributed by atoms with Gasteiger partial charge in [-0.25, -0.2) is 4.39 Å². The molecule has 0 saturated heterocycles. The van der Waals surface area contributed by atoms with E-state index >= 15 is 0 Å². The third-order valence-corrected chi connectivity index (χ3v) is 2.45. The van der Waals surface area contributed by atoms with E-state index in [0.717, 1.165) is 0 Å². The van der Waals surface area contributed by atoms with Crippen molar-refractivity contribution in [1.29, 1.82) is 0 Å². The van der Waals surface area contributed by atoms with E-state index in [4.69, 9.17) is 11.6 Å². The van der Waals surface area contributed by atoms with Crippen LogP contribution in [-0.4, -0.2) is 14.7 Å². The third-order valence-electron chi connectivity index (χ3n) is 2.14. The maximum atomic E-state index is 13.1. The first-order valence-corrected chi connectivity index (χ1v) is 5.06. The Labute approximate surface area is 101 Å². The molecule has 88 valence electrons. The lowest BCUT2D eigenvalue weighted by molar-refractivity contribution is -0.389. The molecule has 1 heterocycles. The zero-order chi connectivity index (χ0) is 12.4. The number of nitrogens with zero attached hydrogens (tertiary/aromatic N) is 3. The van der Waals surface area contributed by atoms with Crippen LogP contribution < -0.4 is 0 Å². The summed E-state index contributed by atoms with van der Waals surface area (Å²) in [6.07, 6.45) is 1.46. The van der Waals surface area contributed by atoms with Crippen molar-refractivity contribution in [1.82, 2.24) is 9.78 Å². The van der Waals surface area contributed by atoms with Gasteiger partial charge < -0.3 is 10.1 Å². The van der Waals surface area contributed by atoms with Crippen molar-refractivity contribution >= 4 is 17.4 Å². The third kappa shape index (κ3) is 2.59. The quantitative estimate of drug-likeness (QED) is 0.626. The van der Waals surface area contributed by atoms with Gasteiger partial charge in [0.1, 0.15) is 5.82 Å². The zero-order valence-corrected chi connectivity index (χ0v) is 9.26. The fourth-order valence-corrected chi connectivity index (χ4v) is 1.48. The molecule has 5 nitrogen and oxygen atoms in total. The average Bonchev–Trinajstić information content (AvgIpc) is 2.72. The van der Waals surface area contributed by atoms with Gasteiger partial charge in [0.05, 0.1) is 28.9 Å². The molecule has 0 bridgehead atoms. The van der Waals surface area contributed by atoms with Crippen LogP contribution in [-0.2, 0) is 6.54 Å². The average molecular weight is 256 g/mol. The fraction of sp³-hybridized carbons (Fsp3) is 0.100. The Morgan fingerprint density at radius 3 is 2.82 bits per heavy atom. The van der Waals surface area contributed by atoms with Crippen molar-refractivity contribution in [3.8, 4) is 0 Å². The second-order valence-electron chi connectivity index (χ2n) is 3.38. The van der Waals surface area contributed by atoms with E-state index < -0.39 is 10.7 Å². The van der Waals surface area contributed by atoms with Gasteiger partial charge in [-0.15, -0.1) is 0 Å². The number of halogens is 2. The van der Waals surface area contributed by atoms with E-state index in [1.54, 1.807) is 6.07 Å². The van der Waals surface area contributed by atoms with Gasteiger partial charge in [0.25, 0.3) is 0 Å². The van der Waals surface area contributed by atoms with Gasteiger partial charge in [0.2, 0.25) is 0 Å². The minimum Gasteiger partial charge on any atom is -0.358 e. The molecule has 0 radical (unpaired) electrons. The number of aromatic nitrogens is 2. The maximum absolute atomic E-state index is 13.1. The summed E-state index contributed by atoms with van der Waals surface area (Å²) in [4.78, 5) is 9.83.